The first-order chi connectivity index (χ1) is 14.5. The molecule has 0 unspecified atom stereocenters. The van der Waals surface area contributed by atoms with E-state index < -0.39 is 11.9 Å². The summed E-state index contributed by atoms with van der Waals surface area (Å²) < 4.78 is 18.3. The van der Waals surface area contributed by atoms with Crippen molar-refractivity contribution >= 4 is 33.4 Å². The van der Waals surface area contributed by atoms with Crippen LogP contribution in [0.15, 0.2) is 47.5 Å². The molecule has 7 nitrogen and oxygen atoms in total. The van der Waals surface area contributed by atoms with Crippen LogP contribution in [0.3, 0.4) is 0 Å². The van der Waals surface area contributed by atoms with Gasteiger partial charge in [0, 0.05) is 5.56 Å². The number of fused-ring (bicyclic) bond motifs is 1. The maximum atomic E-state index is 12.8. The Bertz CT molecular complexity index is 1120. The lowest BCUT2D eigenvalue weighted by atomic mass is 10.2. The molecule has 0 radical (unpaired) electrons. The third-order valence-electron chi connectivity index (χ3n) is 4.45. The van der Waals surface area contributed by atoms with Crippen LogP contribution in [0.2, 0.25) is 0 Å². The molecule has 0 aliphatic rings. The molecule has 2 aromatic carbocycles. The Morgan fingerprint density at radius 1 is 1.10 bits per heavy atom. The Kier molecular flexibility index (Phi) is 7.24. The molecule has 8 heteroatoms. The number of amides is 1. The number of unbranched alkanes of at least 4 members (excludes halogenated alkanes) is 1. The summed E-state index contributed by atoms with van der Waals surface area (Å²) >= 11 is 1.31. The Balaban J connectivity index is 1.99. The lowest BCUT2D eigenvalue weighted by Crippen LogP contribution is -2.22. The zero-order valence-electron chi connectivity index (χ0n) is 17.2. The molecule has 0 aliphatic carbocycles. The van der Waals surface area contributed by atoms with Crippen molar-refractivity contribution in [2.45, 2.75) is 26.3 Å². The van der Waals surface area contributed by atoms with E-state index in [1.165, 1.54) is 18.4 Å². The van der Waals surface area contributed by atoms with Gasteiger partial charge in [0.2, 0.25) is 0 Å². The maximum Gasteiger partial charge on any atom is 0.325 e. The number of esters is 1. The molecule has 0 spiro atoms. The van der Waals surface area contributed by atoms with Gasteiger partial charge in [-0.15, -0.1) is 0 Å². The monoisotopic (exact) mass is 428 g/mol. The molecule has 30 heavy (non-hydrogen) atoms. The van der Waals surface area contributed by atoms with Crippen molar-refractivity contribution in [3.05, 3.63) is 52.8 Å². The SMILES string of the molecule is CCCCOc1cccc(C(=O)N=c2sc3cc(OC)ccc3n2CC(=O)OC)c1. The third-order valence-corrected chi connectivity index (χ3v) is 5.49. The van der Waals surface area contributed by atoms with E-state index in [2.05, 4.69) is 11.9 Å². The van der Waals surface area contributed by atoms with Crippen molar-refractivity contribution in [3.63, 3.8) is 0 Å². The van der Waals surface area contributed by atoms with Crippen molar-refractivity contribution < 1.29 is 23.8 Å². The standard InChI is InChI=1S/C22H24N2O5S/c1-4-5-11-29-17-8-6-7-15(12-17)21(26)23-22-24(14-20(25)28-3)18-10-9-16(27-2)13-19(18)30-22/h6-10,12-13H,4-5,11,14H2,1-3H3. The zero-order chi connectivity index (χ0) is 21.5. The number of nitrogens with zero attached hydrogens (tertiary/aromatic N) is 2. The van der Waals surface area contributed by atoms with E-state index in [0.717, 1.165) is 23.1 Å². The normalized spacial score (nSPS) is 11.5. The fourth-order valence-corrected chi connectivity index (χ4v) is 3.87. The molecule has 0 aliphatic heterocycles. The molecule has 0 saturated heterocycles. The van der Waals surface area contributed by atoms with Crippen molar-refractivity contribution in [3.8, 4) is 11.5 Å². The molecule has 3 rings (SSSR count). The molecular formula is C22H24N2O5S. The Morgan fingerprint density at radius 2 is 1.93 bits per heavy atom. The van der Waals surface area contributed by atoms with Gasteiger partial charge in [0.15, 0.2) is 4.80 Å². The number of aromatic nitrogens is 1. The van der Waals surface area contributed by atoms with E-state index in [1.807, 2.05) is 18.2 Å². The average Bonchev–Trinajstić information content (AvgIpc) is 3.09. The molecule has 0 N–H and O–H groups in total. The smallest absolute Gasteiger partial charge is 0.325 e. The zero-order valence-corrected chi connectivity index (χ0v) is 18.0. The molecule has 1 heterocycles. The van der Waals surface area contributed by atoms with Crippen LogP contribution in [-0.4, -0.2) is 37.3 Å². The van der Waals surface area contributed by atoms with E-state index in [1.54, 1.807) is 35.9 Å². The molecular weight excluding hydrogens is 404 g/mol. The van der Waals surface area contributed by atoms with Crippen LogP contribution in [-0.2, 0) is 16.1 Å². The summed E-state index contributed by atoms with van der Waals surface area (Å²) in [4.78, 5) is 29.4. The van der Waals surface area contributed by atoms with Gasteiger partial charge in [-0.1, -0.05) is 30.7 Å². The average molecular weight is 429 g/mol. The van der Waals surface area contributed by atoms with Gasteiger partial charge < -0.3 is 18.8 Å². The lowest BCUT2D eigenvalue weighted by molar-refractivity contribution is -0.141. The molecule has 0 saturated carbocycles. The van der Waals surface area contributed by atoms with Crippen LogP contribution in [0, 0.1) is 0 Å². The maximum absolute atomic E-state index is 12.8. The molecule has 0 fully saturated rings. The van der Waals surface area contributed by atoms with E-state index in [0.29, 0.717) is 28.5 Å². The van der Waals surface area contributed by atoms with Gasteiger partial charge in [-0.2, -0.15) is 4.99 Å². The molecule has 1 aromatic heterocycles. The number of hydrogen-bond acceptors (Lipinski definition) is 6. The fraction of sp³-hybridized carbons (Fsp3) is 0.318. The number of hydrogen-bond donors (Lipinski definition) is 0. The highest BCUT2D eigenvalue weighted by Crippen LogP contribution is 2.23. The van der Waals surface area contributed by atoms with Crippen LogP contribution in [0.5, 0.6) is 11.5 Å². The minimum Gasteiger partial charge on any atom is -0.497 e. The van der Waals surface area contributed by atoms with Crippen LogP contribution in [0.25, 0.3) is 10.2 Å². The second-order valence-corrected chi connectivity index (χ2v) is 7.54. The van der Waals surface area contributed by atoms with Crippen molar-refractivity contribution in [1.29, 1.82) is 0 Å². The predicted octanol–water partition coefficient (Wildman–Crippen LogP) is 3.80. The summed E-state index contributed by atoms with van der Waals surface area (Å²) in [6.07, 6.45) is 1.98. The summed E-state index contributed by atoms with van der Waals surface area (Å²) in [5, 5.41) is 0. The minimum absolute atomic E-state index is 0.0465. The summed E-state index contributed by atoms with van der Waals surface area (Å²) in [5.41, 5.74) is 1.19. The van der Waals surface area contributed by atoms with Gasteiger partial charge in [0.05, 0.1) is 31.0 Å². The molecule has 0 bridgehead atoms. The molecule has 0 atom stereocenters. The lowest BCUT2D eigenvalue weighted by Gasteiger charge is -2.06. The summed E-state index contributed by atoms with van der Waals surface area (Å²) in [7, 11) is 2.91. The number of benzene rings is 2. The number of carbonyl (C=O) groups is 2. The minimum atomic E-state index is -0.425. The fourth-order valence-electron chi connectivity index (χ4n) is 2.82. The van der Waals surface area contributed by atoms with Gasteiger partial charge in [0.25, 0.3) is 5.91 Å². The van der Waals surface area contributed by atoms with Crippen LogP contribution in [0.1, 0.15) is 30.1 Å². The van der Waals surface area contributed by atoms with Crippen molar-refractivity contribution in [1.82, 2.24) is 4.57 Å². The molecule has 158 valence electrons. The Labute approximate surface area is 178 Å². The van der Waals surface area contributed by atoms with Gasteiger partial charge in [0.1, 0.15) is 18.0 Å². The number of rotatable bonds is 8. The van der Waals surface area contributed by atoms with Gasteiger partial charge >= 0.3 is 5.97 Å². The van der Waals surface area contributed by atoms with Crippen LogP contribution < -0.4 is 14.3 Å². The number of carbonyl (C=O) groups excluding carboxylic acids is 2. The number of methoxy groups -OCH3 is 2. The number of thiazole rings is 1. The highest BCUT2D eigenvalue weighted by molar-refractivity contribution is 7.16. The Hall–Kier alpha value is -3.13. The van der Waals surface area contributed by atoms with Crippen LogP contribution in [0.4, 0.5) is 0 Å². The van der Waals surface area contributed by atoms with Crippen molar-refractivity contribution in [2.24, 2.45) is 4.99 Å². The summed E-state index contributed by atoms with van der Waals surface area (Å²) in [6, 6.07) is 12.4. The summed E-state index contributed by atoms with van der Waals surface area (Å²) in [5.74, 6) is 0.482. The first-order valence-electron chi connectivity index (χ1n) is 9.61. The molecule has 3 aromatic rings. The van der Waals surface area contributed by atoms with E-state index in [-0.39, 0.29) is 6.54 Å². The van der Waals surface area contributed by atoms with Gasteiger partial charge in [-0.05, 0) is 42.8 Å². The topological polar surface area (TPSA) is 79.1 Å². The van der Waals surface area contributed by atoms with E-state index in [9.17, 15) is 9.59 Å². The highest BCUT2D eigenvalue weighted by atomic mass is 32.1. The summed E-state index contributed by atoms with van der Waals surface area (Å²) in [6.45, 7) is 2.64. The highest BCUT2D eigenvalue weighted by Gasteiger charge is 2.13. The predicted molar refractivity (Wildman–Crippen MR) is 115 cm³/mol. The largest absolute Gasteiger partial charge is 0.497 e. The molecule has 1 amide bonds. The quantitative estimate of drug-likeness (QED) is 0.403. The van der Waals surface area contributed by atoms with E-state index in [4.69, 9.17) is 14.2 Å². The second kappa shape index (κ2) is 10.1. The van der Waals surface area contributed by atoms with Gasteiger partial charge in [-0.3, -0.25) is 9.59 Å². The second-order valence-electron chi connectivity index (χ2n) is 6.53. The third kappa shape index (κ3) is 5.07. The van der Waals surface area contributed by atoms with Crippen LogP contribution >= 0.6 is 11.3 Å². The van der Waals surface area contributed by atoms with Gasteiger partial charge in [-0.25, -0.2) is 0 Å². The number of ether oxygens (including phenoxy) is 3. The van der Waals surface area contributed by atoms with Crippen molar-refractivity contribution in [2.75, 3.05) is 20.8 Å². The Morgan fingerprint density at radius 3 is 2.67 bits per heavy atom. The van der Waals surface area contributed by atoms with E-state index >= 15 is 0 Å². The first-order valence-corrected chi connectivity index (χ1v) is 10.4. The first kappa shape index (κ1) is 21.6.